The molecule has 0 aliphatic carbocycles. The van der Waals surface area contributed by atoms with Gasteiger partial charge in [-0.05, 0) is 49.3 Å². The number of nitrogens with zero attached hydrogens (tertiary/aromatic N) is 4. The average molecular weight is 421 g/mol. The molecule has 1 fully saturated rings. The summed E-state index contributed by atoms with van der Waals surface area (Å²) in [4.78, 5) is 36.9. The molecule has 3 heterocycles. The second kappa shape index (κ2) is 9.83. The zero-order valence-electron chi connectivity index (χ0n) is 17.9. The molecule has 0 spiro atoms. The Morgan fingerprint density at radius 3 is 2.65 bits per heavy atom. The second-order valence-electron chi connectivity index (χ2n) is 8.03. The number of carbonyl (C=O) groups is 1. The molecule has 0 radical (unpaired) electrons. The van der Waals surface area contributed by atoms with Gasteiger partial charge in [-0.15, -0.1) is 0 Å². The van der Waals surface area contributed by atoms with Crippen LogP contribution in [-0.2, 0) is 17.7 Å². The molecule has 0 saturated carbocycles. The Morgan fingerprint density at radius 2 is 1.90 bits per heavy atom. The second-order valence-corrected chi connectivity index (χ2v) is 8.03. The summed E-state index contributed by atoms with van der Waals surface area (Å²) in [5.74, 6) is 0.264. The van der Waals surface area contributed by atoms with Gasteiger partial charge in [0.25, 0.3) is 11.5 Å². The fourth-order valence-corrected chi connectivity index (χ4v) is 4.23. The molecule has 1 aliphatic heterocycles. The molecular formula is C24H28N4O3. The third-order valence-corrected chi connectivity index (χ3v) is 5.90. The standard InChI is InChI=1S/C24H28N4O3/c1-31-16-6-13-28-22-20(9-5-12-25-22)26-21(24(28)30)23(29)27-14-10-19(11-15-27)17-18-7-3-2-4-8-18/h2-5,7-9,12,19H,6,10-11,13-17H2,1H3. The summed E-state index contributed by atoms with van der Waals surface area (Å²) in [6.45, 7) is 2.25. The first-order valence-electron chi connectivity index (χ1n) is 10.8. The Bertz CT molecular complexity index is 1090. The molecule has 162 valence electrons. The van der Waals surface area contributed by atoms with Gasteiger partial charge < -0.3 is 9.64 Å². The van der Waals surface area contributed by atoms with Gasteiger partial charge in [0.05, 0.1) is 0 Å². The Balaban J connectivity index is 1.51. The number of likely N-dealkylation sites (tertiary alicyclic amines) is 1. The number of amides is 1. The van der Waals surface area contributed by atoms with Crippen LogP contribution in [0.4, 0.5) is 0 Å². The molecule has 1 aromatic carbocycles. The first-order chi connectivity index (χ1) is 15.2. The fraction of sp³-hybridized carbons (Fsp3) is 0.417. The van der Waals surface area contributed by atoms with Gasteiger partial charge >= 0.3 is 0 Å². The maximum absolute atomic E-state index is 13.2. The van der Waals surface area contributed by atoms with Crippen LogP contribution in [0, 0.1) is 5.92 Å². The summed E-state index contributed by atoms with van der Waals surface area (Å²) in [6.07, 6.45) is 5.17. The first kappa shape index (κ1) is 21.2. The van der Waals surface area contributed by atoms with Gasteiger partial charge in [0, 0.05) is 39.5 Å². The highest BCUT2D eigenvalue weighted by molar-refractivity contribution is 5.93. The number of carbonyl (C=O) groups excluding carboxylic acids is 1. The van der Waals surface area contributed by atoms with E-state index in [1.165, 1.54) is 5.56 Å². The lowest BCUT2D eigenvalue weighted by atomic mass is 9.90. The van der Waals surface area contributed by atoms with Crippen LogP contribution in [0.3, 0.4) is 0 Å². The van der Waals surface area contributed by atoms with Crippen molar-refractivity contribution in [2.75, 3.05) is 26.8 Å². The van der Waals surface area contributed by atoms with Crippen molar-refractivity contribution in [1.29, 1.82) is 0 Å². The number of benzene rings is 1. The predicted octanol–water partition coefficient (Wildman–Crippen LogP) is 2.92. The summed E-state index contributed by atoms with van der Waals surface area (Å²) in [5.41, 5.74) is 2.00. The van der Waals surface area contributed by atoms with Gasteiger partial charge in [-0.25, -0.2) is 9.97 Å². The largest absolute Gasteiger partial charge is 0.385 e. The van der Waals surface area contributed by atoms with E-state index in [9.17, 15) is 9.59 Å². The van der Waals surface area contributed by atoms with Crippen molar-refractivity contribution >= 4 is 17.1 Å². The lowest BCUT2D eigenvalue weighted by molar-refractivity contribution is 0.0682. The van der Waals surface area contributed by atoms with Crippen LogP contribution in [0.1, 0.15) is 35.3 Å². The molecule has 0 unspecified atom stereocenters. The van der Waals surface area contributed by atoms with E-state index < -0.39 is 0 Å². The Kier molecular flexibility index (Phi) is 6.72. The molecule has 2 aromatic heterocycles. The number of piperidine rings is 1. The highest BCUT2D eigenvalue weighted by Crippen LogP contribution is 2.22. The lowest BCUT2D eigenvalue weighted by Crippen LogP contribution is -2.42. The van der Waals surface area contributed by atoms with E-state index >= 15 is 0 Å². The van der Waals surface area contributed by atoms with E-state index in [-0.39, 0.29) is 17.2 Å². The Labute approximate surface area is 181 Å². The summed E-state index contributed by atoms with van der Waals surface area (Å²) in [5, 5.41) is 0. The molecule has 1 amide bonds. The minimum Gasteiger partial charge on any atom is -0.385 e. The zero-order valence-corrected chi connectivity index (χ0v) is 17.9. The van der Waals surface area contributed by atoms with E-state index in [1.807, 2.05) is 6.07 Å². The van der Waals surface area contributed by atoms with Crippen LogP contribution < -0.4 is 5.56 Å². The van der Waals surface area contributed by atoms with Gasteiger partial charge in [0.15, 0.2) is 11.3 Å². The Hall–Kier alpha value is -3.06. The number of hydrogen-bond acceptors (Lipinski definition) is 5. The van der Waals surface area contributed by atoms with Crippen molar-refractivity contribution in [2.45, 2.75) is 32.2 Å². The third kappa shape index (κ3) is 4.82. The number of pyridine rings is 1. The summed E-state index contributed by atoms with van der Waals surface area (Å²) in [7, 11) is 1.63. The van der Waals surface area contributed by atoms with Crippen LogP contribution >= 0.6 is 0 Å². The molecule has 1 saturated heterocycles. The highest BCUT2D eigenvalue weighted by Gasteiger charge is 2.27. The summed E-state index contributed by atoms with van der Waals surface area (Å²) in [6, 6.07) is 14.0. The van der Waals surface area contributed by atoms with Crippen LogP contribution in [0.2, 0.25) is 0 Å². The van der Waals surface area contributed by atoms with Crippen LogP contribution in [0.25, 0.3) is 11.2 Å². The topological polar surface area (TPSA) is 77.3 Å². The lowest BCUT2D eigenvalue weighted by Gasteiger charge is -2.31. The van der Waals surface area contributed by atoms with Gasteiger partial charge in [-0.2, -0.15) is 0 Å². The molecule has 31 heavy (non-hydrogen) atoms. The summed E-state index contributed by atoms with van der Waals surface area (Å²) < 4.78 is 6.67. The maximum Gasteiger partial charge on any atom is 0.283 e. The number of aryl methyl sites for hydroxylation is 1. The number of rotatable bonds is 7. The number of aromatic nitrogens is 3. The monoisotopic (exact) mass is 420 g/mol. The molecule has 7 nitrogen and oxygen atoms in total. The van der Waals surface area contributed by atoms with Crippen LogP contribution in [0.15, 0.2) is 53.5 Å². The van der Waals surface area contributed by atoms with Crippen molar-refractivity contribution in [3.63, 3.8) is 0 Å². The predicted molar refractivity (Wildman–Crippen MR) is 119 cm³/mol. The van der Waals surface area contributed by atoms with Crippen LogP contribution in [0.5, 0.6) is 0 Å². The quantitative estimate of drug-likeness (QED) is 0.549. The van der Waals surface area contributed by atoms with E-state index in [1.54, 1.807) is 34.9 Å². The normalized spacial score (nSPS) is 14.8. The molecule has 1 aliphatic rings. The van der Waals surface area contributed by atoms with E-state index in [0.29, 0.717) is 49.7 Å². The van der Waals surface area contributed by atoms with Crippen molar-refractivity contribution < 1.29 is 9.53 Å². The van der Waals surface area contributed by atoms with E-state index in [4.69, 9.17) is 4.74 Å². The zero-order chi connectivity index (χ0) is 21.6. The van der Waals surface area contributed by atoms with Gasteiger partial charge in [0.2, 0.25) is 0 Å². The SMILES string of the molecule is COCCCn1c(=O)c(C(=O)N2CCC(Cc3ccccc3)CC2)nc2cccnc21. The smallest absolute Gasteiger partial charge is 0.283 e. The molecule has 7 heteroatoms. The Morgan fingerprint density at radius 1 is 1.13 bits per heavy atom. The maximum atomic E-state index is 13.2. The first-order valence-corrected chi connectivity index (χ1v) is 10.8. The minimum atomic E-state index is -0.376. The summed E-state index contributed by atoms with van der Waals surface area (Å²) >= 11 is 0. The van der Waals surface area contributed by atoms with Gasteiger partial charge in [-0.1, -0.05) is 30.3 Å². The number of ether oxygens (including phenoxy) is 1. The third-order valence-electron chi connectivity index (χ3n) is 5.90. The molecule has 0 bridgehead atoms. The van der Waals surface area contributed by atoms with Gasteiger partial charge in [-0.3, -0.25) is 14.2 Å². The minimum absolute atomic E-state index is 0.0144. The molecule has 3 aromatic rings. The average Bonchev–Trinajstić information content (AvgIpc) is 2.81. The van der Waals surface area contributed by atoms with E-state index in [2.05, 4.69) is 34.2 Å². The van der Waals surface area contributed by atoms with Crippen molar-refractivity contribution in [2.24, 2.45) is 5.92 Å². The molecule has 0 atom stereocenters. The van der Waals surface area contributed by atoms with Crippen molar-refractivity contribution in [3.8, 4) is 0 Å². The van der Waals surface area contributed by atoms with Crippen LogP contribution in [-0.4, -0.2) is 52.1 Å². The van der Waals surface area contributed by atoms with Crippen molar-refractivity contribution in [3.05, 3.63) is 70.3 Å². The van der Waals surface area contributed by atoms with Gasteiger partial charge in [0.1, 0.15) is 5.52 Å². The molecule has 4 rings (SSSR count). The van der Waals surface area contributed by atoms with Crippen molar-refractivity contribution in [1.82, 2.24) is 19.4 Å². The molecular weight excluding hydrogens is 392 g/mol. The molecule has 0 N–H and O–H groups in total. The highest BCUT2D eigenvalue weighted by atomic mass is 16.5. The fourth-order valence-electron chi connectivity index (χ4n) is 4.23. The number of fused-ring (bicyclic) bond motifs is 1. The number of hydrogen-bond donors (Lipinski definition) is 0. The number of methoxy groups -OCH3 is 1. The van der Waals surface area contributed by atoms with E-state index in [0.717, 1.165) is 19.3 Å².